The molecule has 1 fully saturated rings. The third kappa shape index (κ3) is 4.89. The molecule has 0 saturated carbocycles. The fraction of sp³-hybridized carbons (Fsp3) is 0.368. The van der Waals surface area contributed by atoms with Crippen LogP contribution in [-0.2, 0) is 24.8 Å². The molecule has 3 rings (SSSR count). The highest BCUT2D eigenvalue weighted by atomic mass is 32.2. The Balaban J connectivity index is 1.99. The van der Waals surface area contributed by atoms with Gasteiger partial charge in [-0.1, -0.05) is 12.1 Å². The van der Waals surface area contributed by atoms with Crippen molar-refractivity contribution >= 4 is 25.7 Å². The maximum Gasteiger partial charge on any atom is 0.262 e. The van der Waals surface area contributed by atoms with Gasteiger partial charge in [-0.15, -0.1) is 0 Å². The fourth-order valence-electron chi connectivity index (χ4n) is 2.95. The monoisotopic (exact) mass is 440 g/mol. The van der Waals surface area contributed by atoms with E-state index in [-0.39, 0.29) is 34.3 Å². The third-order valence-electron chi connectivity index (χ3n) is 4.40. The van der Waals surface area contributed by atoms with Gasteiger partial charge in [0.25, 0.3) is 10.0 Å². The quantitative estimate of drug-likeness (QED) is 0.708. The Labute approximate surface area is 171 Å². The second kappa shape index (κ2) is 8.70. The summed E-state index contributed by atoms with van der Waals surface area (Å²) >= 11 is 0. The minimum Gasteiger partial charge on any atom is -0.492 e. The Bertz CT molecular complexity index is 1080. The number of morpholine rings is 1. The summed E-state index contributed by atoms with van der Waals surface area (Å²) in [4.78, 5) is 0.0752. The number of nitrogens with one attached hydrogen (secondary N) is 1. The standard InChI is InChI=1S/C19H24N2O6S2/c1-3-27-19-8-7-17(29(24,25)21-9-11-26-12-10-21)14-18(19)20-28(22,23)16-6-4-5-15(2)13-16/h4-8,13-14,20H,3,9-12H2,1-2H3. The molecule has 8 nitrogen and oxygen atoms in total. The van der Waals surface area contributed by atoms with E-state index in [1.807, 2.05) is 0 Å². The Hall–Kier alpha value is -2.14. The molecule has 0 atom stereocenters. The molecule has 2 aromatic rings. The number of ether oxygens (including phenoxy) is 2. The van der Waals surface area contributed by atoms with Gasteiger partial charge in [-0.25, -0.2) is 16.8 Å². The molecule has 1 aliphatic rings. The van der Waals surface area contributed by atoms with Gasteiger partial charge in [-0.05, 0) is 49.7 Å². The molecule has 0 bridgehead atoms. The molecule has 1 heterocycles. The summed E-state index contributed by atoms with van der Waals surface area (Å²) in [6.45, 7) is 5.00. The predicted octanol–water partition coefficient (Wildman–Crippen LogP) is 2.22. The lowest BCUT2D eigenvalue weighted by atomic mass is 10.2. The van der Waals surface area contributed by atoms with Crippen LogP contribution in [0.15, 0.2) is 52.3 Å². The molecular formula is C19H24N2O6S2. The van der Waals surface area contributed by atoms with Crippen molar-refractivity contribution in [1.29, 1.82) is 0 Å². The summed E-state index contributed by atoms with van der Waals surface area (Å²) in [5, 5.41) is 0. The summed E-state index contributed by atoms with van der Waals surface area (Å²) in [6, 6.07) is 10.6. The smallest absolute Gasteiger partial charge is 0.262 e. The van der Waals surface area contributed by atoms with Gasteiger partial charge in [0.05, 0.1) is 35.3 Å². The first-order valence-electron chi connectivity index (χ1n) is 9.18. The summed E-state index contributed by atoms with van der Waals surface area (Å²) in [5.74, 6) is 0.254. The van der Waals surface area contributed by atoms with Crippen LogP contribution >= 0.6 is 0 Å². The number of anilines is 1. The molecular weight excluding hydrogens is 416 g/mol. The minimum absolute atomic E-state index is 0.00945. The van der Waals surface area contributed by atoms with Crippen molar-refractivity contribution in [3.63, 3.8) is 0 Å². The first-order chi connectivity index (χ1) is 13.7. The average Bonchev–Trinajstić information content (AvgIpc) is 2.70. The fourth-order valence-corrected chi connectivity index (χ4v) is 5.55. The van der Waals surface area contributed by atoms with E-state index in [4.69, 9.17) is 9.47 Å². The molecule has 10 heteroatoms. The van der Waals surface area contributed by atoms with Crippen LogP contribution < -0.4 is 9.46 Å². The second-order valence-corrected chi connectivity index (χ2v) is 10.1. The van der Waals surface area contributed by atoms with Crippen molar-refractivity contribution in [2.75, 3.05) is 37.6 Å². The van der Waals surface area contributed by atoms with Crippen molar-refractivity contribution in [1.82, 2.24) is 4.31 Å². The SMILES string of the molecule is CCOc1ccc(S(=O)(=O)N2CCOCC2)cc1NS(=O)(=O)c1cccc(C)c1. The van der Waals surface area contributed by atoms with Gasteiger partial charge in [0.2, 0.25) is 10.0 Å². The van der Waals surface area contributed by atoms with Gasteiger partial charge in [0.1, 0.15) is 5.75 Å². The number of nitrogens with zero attached hydrogens (tertiary/aromatic N) is 1. The topological polar surface area (TPSA) is 102 Å². The molecule has 1 saturated heterocycles. The lowest BCUT2D eigenvalue weighted by Gasteiger charge is -2.26. The summed E-state index contributed by atoms with van der Waals surface area (Å²) in [7, 11) is -7.70. The molecule has 158 valence electrons. The van der Waals surface area contributed by atoms with Crippen LogP contribution in [0.5, 0.6) is 5.75 Å². The summed E-state index contributed by atoms with van der Waals surface area (Å²) in [5.41, 5.74) is 0.865. The maximum atomic E-state index is 12.9. The van der Waals surface area contributed by atoms with E-state index < -0.39 is 20.0 Å². The number of aryl methyl sites for hydroxylation is 1. The Morgan fingerprint density at radius 1 is 1.03 bits per heavy atom. The number of hydrogen-bond donors (Lipinski definition) is 1. The molecule has 0 aliphatic carbocycles. The van der Waals surface area contributed by atoms with Crippen molar-refractivity contribution in [2.24, 2.45) is 0 Å². The largest absolute Gasteiger partial charge is 0.492 e. The molecule has 0 aromatic heterocycles. The summed E-state index contributed by atoms with van der Waals surface area (Å²) in [6.07, 6.45) is 0. The number of hydrogen-bond acceptors (Lipinski definition) is 6. The van der Waals surface area contributed by atoms with Gasteiger partial charge in [-0.2, -0.15) is 4.31 Å². The lowest BCUT2D eigenvalue weighted by Crippen LogP contribution is -2.40. The molecule has 1 aliphatic heterocycles. The van der Waals surface area contributed by atoms with Gasteiger partial charge < -0.3 is 9.47 Å². The van der Waals surface area contributed by atoms with E-state index >= 15 is 0 Å². The lowest BCUT2D eigenvalue weighted by molar-refractivity contribution is 0.0730. The molecule has 0 amide bonds. The minimum atomic E-state index is -3.92. The van der Waals surface area contributed by atoms with Gasteiger partial charge in [-0.3, -0.25) is 4.72 Å². The third-order valence-corrected chi connectivity index (χ3v) is 7.66. The van der Waals surface area contributed by atoms with E-state index in [9.17, 15) is 16.8 Å². The zero-order valence-corrected chi connectivity index (χ0v) is 17.9. The van der Waals surface area contributed by atoms with Crippen LogP contribution in [-0.4, -0.2) is 54.1 Å². The maximum absolute atomic E-state index is 12.9. The molecule has 0 radical (unpaired) electrons. The number of benzene rings is 2. The molecule has 1 N–H and O–H groups in total. The highest BCUT2D eigenvalue weighted by Crippen LogP contribution is 2.31. The Kier molecular flexibility index (Phi) is 6.47. The van der Waals surface area contributed by atoms with Crippen LogP contribution in [0.25, 0.3) is 0 Å². The zero-order chi connectivity index (χ0) is 21.1. The van der Waals surface area contributed by atoms with Crippen LogP contribution in [0.3, 0.4) is 0 Å². The van der Waals surface area contributed by atoms with Gasteiger partial charge in [0, 0.05) is 13.1 Å². The Morgan fingerprint density at radius 3 is 2.41 bits per heavy atom. The van der Waals surface area contributed by atoms with Crippen molar-refractivity contribution in [3.8, 4) is 5.75 Å². The van der Waals surface area contributed by atoms with E-state index in [2.05, 4.69) is 4.72 Å². The molecule has 0 unspecified atom stereocenters. The van der Waals surface area contributed by atoms with Crippen molar-refractivity contribution in [2.45, 2.75) is 23.6 Å². The molecule has 29 heavy (non-hydrogen) atoms. The second-order valence-electron chi connectivity index (χ2n) is 6.53. The Morgan fingerprint density at radius 2 is 1.76 bits per heavy atom. The number of rotatable bonds is 7. The van der Waals surface area contributed by atoms with Gasteiger partial charge in [0.15, 0.2) is 0 Å². The predicted molar refractivity (Wildman–Crippen MR) is 109 cm³/mol. The highest BCUT2D eigenvalue weighted by molar-refractivity contribution is 7.92. The van der Waals surface area contributed by atoms with Crippen LogP contribution in [0.2, 0.25) is 0 Å². The van der Waals surface area contributed by atoms with Crippen LogP contribution in [0.1, 0.15) is 12.5 Å². The van der Waals surface area contributed by atoms with Crippen molar-refractivity contribution in [3.05, 3.63) is 48.0 Å². The van der Waals surface area contributed by atoms with E-state index in [1.165, 1.54) is 34.6 Å². The normalized spacial score (nSPS) is 15.8. The van der Waals surface area contributed by atoms with Crippen LogP contribution in [0, 0.1) is 6.92 Å². The summed E-state index contributed by atoms with van der Waals surface area (Å²) < 4.78 is 66.0. The van der Waals surface area contributed by atoms with E-state index in [1.54, 1.807) is 26.0 Å². The van der Waals surface area contributed by atoms with E-state index in [0.29, 0.717) is 19.8 Å². The molecule has 0 spiro atoms. The van der Waals surface area contributed by atoms with Crippen LogP contribution in [0.4, 0.5) is 5.69 Å². The zero-order valence-electron chi connectivity index (χ0n) is 16.3. The first-order valence-corrected chi connectivity index (χ1v) is 12.1. The van der Waals surface area contributed by atoms with E-state index in [0.717, 1.165) is 5.56 Å². The average molecular weight is 441 g/mol. The number of sulfonamides is 2. The van der Waals surface area contributed by atoms with Gasteiger partial charge >= 0.3 is 0 Å². The first kappa shape index (κ1) is 21.6. The molecule has 2 aromatic carbocycles. The van der Waals surface area contributed by atoms with Crippen molar-refractivity contribution < 1.29 is 26.3 Å². The highest BCUT2D eigenvalue weighted by Gasteiger charge is 2.28.